The van der Waals surface area contributed by atoms with Gasteiger partial charge in [-0.05, 0) is 37.3 Å². The Bertz CT molecular complexity index is 1180. The third-order valence-electron chi connectivity index (χ3n) is 4.37. The van der Waals surface area contributed by atoms with Gasteiger partial charge in [0.2, 0.25) is 0 Å². The first-order chi connectivity index (χ1) is 13.6. The van der Waals surface area contributed by atoms with Gasteiger partial charge in [-0.2, -0.15) is 10.4 Å². The van der Waals surface area contributed by atoms with Crippen LogP contribution in [0.2, 0.25) is 0 Å². The first-order valence-electron chi connectivity index (χ1n) is 8.51. The first-order valence-corrected chi connectivity index (χ1v) is 8.51. The van der Waals surface area contributed by atoms with E-state index in [-0.39, 0.29) is 5.82 Å². The number of aromatic amines is 1. The minimum atomic E-state index is 0.166. The summed E-state index contributed by atoms with van der Waals surface area (Å²) in [6.45, 7) is 1.85. The molecule has 0 aliphatic heterocycles. The second kappa shape index (κ2) is 6.89. The van der Waals surface area contributed by atoms with Gasteiger partial charge in [-0.25, -0.2) is 14.6 Å². The fourth-order valence-electron chi connectivity index (χ4n) is 2.93. The molecule has 3 heterocycles. The summed E-state index contributed by atoms with van der Waals surface area (Å²) in [5.74, 6) is 1.69. The van der Waals surface area contributed by atoms with Crippen molar-refractivity contribution in [1.82, 2.24) is 24.7 Å². The number of hydrogen-bond acceptors (Lipinski definition) is 6. The number of anilines is 1. The summed E-state index contributed by atoms with van der Waals surface area (Å²) in [6, 6.07) is 11.5. The van der Waals surface area contributed by atoms with Crippen molar-refractivity contribution in [3.05, 3.63) is 60.3 Å². The molecule has 0 aliphatic rings. The fraction of sp³-hybridized carbons (Fsp3) is 0.100. The Morgan fingerprint density at radius 2 is 2.00 bits per heavy atom. The number of methoxy groups -OCH3 is 1. The number of pyridine rings is 1. The van der Waals surface area contributed by atoms with Crippen molar-refractivity contribution in [2.45, 2.75) is 6.92 Å². The molecule has 0 amide bonds. The molecule has 1 aromatic carbocycles. The van der Waals surface area contributed by atoms with E-state index < -0.39 is 0 Å². The van der Waals surface area contributed by atoms with Gasteiger partial charge in [0.05, 0.1) is 36.6 Å². The van der Waals surface area contributed by atoms with E-state index in [0.717, 1.165) is 22.8 Å². The van der Waals surface area contributed by atoms with Gasteiger partial charge in [-0.15, -0.1) is 0 Å². The SMILES string of the molecule is COc1ccc(-n2cc(-c3cc(-c4cnc(C)[nH]4)c(C#N)c(N)n3)cn2)cc1. The molecule has 0 radical (unpaired) electrons. The van der Waals surface area contributed by atoms with Gasteiger partial charge in [-0.3, -0.25) is 0 Å². The molecule has 8 heteroatoms. The summed E-state index contributed by atoms with van der Waals surface area (Å²) in [5, 5.41) is 13.9. The highest BCUT2D eigenvalue weighted by Gasteiger charge is 2.16. The van der Waals surface area contributed by atoms with Crippen molar-refractivity contribution >= 4 is 5.82 Å². The number of imidazole rings is 1. The van der Waals surface area contributed by atoms with E-state index in [1.165, 1.54) is 0 Å². The topological polar surface area (TPSA) is 118 Å². The van der Waals surface area contributed by atoms with Crippen LogP contribution in [0, 0.1) is 18.3 Å². The summed E-state index contributed by atoms with van der Waals surface area (Å²) < 4.78 is 6.92. The molecule has 4 aromatic rings. The monoisotopic (exact) mass is 371 g/mol. The molecule has 0 fully saturated rings. The van der Waals surface area contributed by atoms with Gasteiger partial charge in [0, 0.05) is 17.3 Å². The van der Waals surface area contributed by atoms with Crippen LogP contribution in [0.5, 0.6) is 5.75 Å². The molecule has 138 valence electrons. The molecule has 8 nitrogen and oxygen atoms in total. The number of hydrogen-bond donors (Lipinski definition) is 2. The lowest BCUT2D eigenvalue weighted by molar-refractivity contribution is 0.414. The maximum absolute atomic E-state index is 9.49. The molecule has 3 aromatic heterocycles. The van der Waals surface area contributed by atoms with Crippen molar-refractivity contribution in [3.8, 4) is 40.0 Å². The van der Waals surface area contributed by atoms with Gasteiger partial charge >= 0.3 is 0 Å². The van der Waals surface area contributed by atoms with Crippen LogP contribution in [0.4, 0.5) is 5.82 Å². The van der Waals surface area contributed by atoms with Crippen molar-refractivity contribution in [2.75, 3.05) is 12.8 Å². The van der Waals surface area contributed by atoms with E-state index >= 15 is 0 Å². The number of nitrogens with two attached hydrogens (primary N) is 1. The Kier molecular flexibility index (Phi) is 4.26. The summed E-state index contributed by atoms with van der Waals surface area (Å²) in [7, 11) is 1.63. The summed E-state index contributed by atoms with van der Waals surface area (Å²) >= 11 is 0. The molecular formula is C20H17N7O. The standard InChI is InChI=1S/C20H17N7O/c1-12-23-10-19(25-12)16-7-18(26-20(22)17(16)8-21)13-9-24-27(11-13)14-3-5-15(28-2)6-4-14/h3-7,9-11H,1-2H3,(H2,22,26)(H,23,25). The minimum absolute atomic E-state index is 0.166. The molecule has 0 atom stereocenters. The zero-order valence-corrected chi connectivity index (χ0v) is 15.3. The Balaban J connectivity index is 1.76. The van der Waals surface area contributed by atoms with Crippen LogP contribution in [0.15, 0.2) is 48.9 Å². The Morgan fingerprint density at radius 1 is 1.21 bits per heavy atom. The Labute approximate surface area is 161 Å². The molecular weight excluding hydrogens is 354 g/mol. The molecule has 28 heavy (non-hydrogen) atoms. The second-order valence-corrected chi connectivity index (χ2v) is 6.18. The van der Waals surface area contributed by atoms with Gasteiger partial charge in [0.1, 0.15) is 29.0 Å². The Morgan fingerprint density at radius 3 is 2.64 bits per heavy atom. The van der Waals surface area contributed by atoms with Crippen LogP contribution in [-0.2, 0) is 0 Å². The lowest BCUT2D eigenvalue weighted by atomic mass is 10.0. The van der Waals surface area contributed by atoms with Gasteiger partial charge in [-0.1, -0.05) is 0 Å². The highest BCUT2D eigenvalue weighted by Crippen LogP contribution is 2.30. The van der Waals surface area contributed by atoms with E-state index in [9.17, 15) is 5.26 Å². The summed E-state index contributed by atoms with van der Waals surface area (Å²) in [6.07, 6.45) is 5.24. The van der Waals surface area contributed by atoms with E-state index in [4.69, 9.17) is 10.5 Å². The average Bonchev–Trinajstić information content (AvgIpc) is 3.37. The smallest absolute Gasteiger partial charge is 0.142 e. The molecule has 0 saturated carbocycles. The highest BCUT2D eigenvalue weighted by atomic mass is 16.5. The van der Waals surface area contributed by atoms with E-state index in [1.54, 1.807) is 24.2 Å². The minimum Gasteiger partial charge on any atom is -0.497 e. The summed E-state index contributed by atoms with van der Waals surface area (Å²) in [5.41, 5.74) is 10.0. The van der Waals surface area contributed by atoms with Crippen molar-refractivity contribution in [1.29, 1.82) is 5.26 Å². The maximum Gasteiger partial charge on any atom is 0.142 e. The van der Waals surface area contributed by atoms with E-state index in [2.05, 4.69) is 26.1 Å². The van der Waals surface area contributed by atoms with Gasteiger partial charge in [0.25, 0.3) is 0 Å². The molecule has 0 aliphatic carbocycles. The first kappa shape index (κ1) is 17.3. The Hall–Kier alpha value is -4.12. The molecule has 0 saturated heterocycles. The van der Waals surface area contributed by atoms with Gasteiger partial charge in [0.15, 0.2) is 0 Å². The van der Waals surface area contributed by atoms with E-state index in [1.807, 2.05) is 43.5 Å². The third kappa shape index (κ3) is 3.05. The normalized spacial score (nSPS) is 10.6. The average molecular weight is 371 g/mol. The number of benzene rings is 1. The number of ether oxygens (including phenoxy) is 1. The number of aryl methyl sites for hydroxylation is 1. The lowest BCUT2D eigenvalue weighted by Gasteiger charge is -2.07. The van der Waals surface area contributed by atoms with Crippen LogP contribution in [-0.4, -0.2) is 31.8 Å². The van der Waals surface area contributed by atoms with Crippen LogP contribution in [0.1, 0.15) is 11.4 Å². The molecule has 0 unspecified atom stereocenters. The van der Waals surface area contributed by atoms with Crippen LogP contribution >= 0.6 is 0 Å². The van der Waals surface area contributed by atoms with Gasteiger partial charge < -0.3 is 15.5 Å². The third-order valence-corrected chi connectivity index (χ3v) is 4.37. The number of nitrogen functional groups attached to an aromatic ring is 1. The van der Waals surface area contributed by atoms with Crippen LogP contribution < -0.4 is 10.5 Å². The number of nitrogens with zero attached hydrogens (tertiary/aromatic N) is 5. The maximum atomic E-state index is 9.49. The predicted octanol–water partition coefficient (Wildman–Crippen LogP) is 3.10. The van der Waals surface area contributed by atoms with Crippen molar-refractivity contribution < 1.29 is 4.74 Å². The number of nitriles is 1. The molecule has 0 bridgehead atoms. The van der Waals surface area contributed by atoms with E-state index in [0.29, 0.717) is 22.5 Å². The molecule has 0 spiro atoms. The second-order valence-electron chi connectivity index (χ2n) is 6.18. The zero-order chi connectivity index (χ0) is 19.7. The van der Waals surface area contributed by atoms with Crippen molar-refractivity contribution in [2.24, 2.45) is 0 Å². The number of H-pyrrole nitrogens is 1. The lowest BCUT2D eigenvalue weighted by Crippen LogP contribution is -1.99. The van der Waals surface area contributed by atoms with Crippen molar-refractivity contribution in [3.63, 3.8) is 0 Å². The van der Waals surface area contributed by atoms with Crippen LogP contribution in [0.25, 0.3) is 28.2 Å². The number of nitrogens with one attached hydrogen (secondary N) is 1. The summed E-state index contributed by atoms with van der Waals surface area (Å²) in [4.78, 5) is 11.7. The predicted molar refractivity (Wildman–Crippen MR) is 105 cm³/mol. The largest absolute Gasteiger partial charge is 0.497 e. The van der Waals surface area contributed by atoms with Crippen LogP contribution in [0.3, 0.4) is 0 Å². The molecule has 3 N–H and O–H groups in total. The number of aromatic nitrogens is 5. The molecule has 4 rings (SSSR count). The zero-order valence-electron chi connectivity index (χ0n) is 15.3. The fourth-order valence-corrected chi connectivity index (χ4v) is 2.93. The number of rotatable bonds is 4. The quantitative estimate of drug-likeness (QED) is 0.569. The highest BCUT2D eigenvalue weighted by molar-refractivity contribution is 5.78.